The first-order valence-corrected chi connectivity index (χ1v) is 4.00. The average molecular weight is 151 g/mol. The molecule has 1 N–H and O–H groups in total. The molecular weight excluding hydrogens is 142 g/mol. The van der Waals surface area contributed by atoms with Gasteiger partial charge in [0.25, 0.3) is 0 Å². The minimum absolute atomic E-state index is 0.290. The Morgan fingerprint density at radius 3 is 2.67 bits per heavy atom. The summed E-state index contributed by atoms with van der Waals surface area (Å²) in [6, 6.07) is 0. The van der Waals surface area contributed by atoms with Crippen LogP contribution in [0.3, 0.4) is 0 Å². The molecule has 0 spiro atoms. The van der Waals surface area contributed by atoms with Crippen molar-refractivity contribution in [2.75, 3.05) is 19.8 Å². The summed E-state index contributed by atoms with van der Waals surface area (Å²) in [5, 5.41) is 2.33. The van der Waals surface area contributed by atoms with E-state index in [1.807, 2.05) is 0 Å². The first-order valence-electron chi connectivity index (χ1n) is 2.75. The summed E-state index contributed by atoms with van der Waals surface area (Å²) in [6.07, 6.45) is 0. The maximum Gasteiger partial charge on any atom is 0.158 e. The van der Waals surface area contributed by atoms with E-state index in [1.165, 1.54) is 0 Å². The summed E-state index contributed by atoms with van der Waals surface area (Å²) >= 11 is 0. The molecule has 0 bridgehead atoms. The van der Waals surface area contributed by atoms with Crippen molar-refractivity contribution in [1.82, 2.24) is 5.32 Å². The second kappa shape index (κ2) is 3.14. The van der Waals surface area contributed by atoms with Crippen molar-refractivity contribution in [2.24, 2.45) is 0 Å². The van der Waals surface area contributed by atoms with E-state index in [9.17, 15) is 8.42 Å². The van der Waals surface area contributed by atoms with Gasteiger partial charge in [-0.15, -0.1) is 0 Å². The molecule has 1 aliphatic rings. The smallest absolute Gasteiger partial charge is 0.158 e. The van der Waals surface area contributed by atoms with Crippen molar-refractivity contribution in [3.63, 3.8) is 0 Å². The normalized spacial score (nSPS) is 28.8. The van der Waals surface area contributed by atoms with Crippen molar-refractivity contribution in [2.45, 2.75) is 5.37 Å². The summed E-state index contributed by atoms with van der Waals surface area (Å²) in [6.45, 7) is 1.53. The van der Waals surface area contributed by atoms with Crippen LogP contribution >= 0.6 is 0 Å². The predicted molar refractivity (Wildman–Crippen MR) is 32.9 cm³/mol. The van der Waals surface area contributed by atoms with E-state index in [-0.39, 0.29) is 0 Å². The fourth-order valence-electron chi connectivity index (χ4n) is 0.687. The lowest BCUT2D eigenvalue weighted by Gasteiger charge is -2.18. The number of rotatable bonds is 1. The third-order valence-corrected chi connectivity index (χ3v) is 2.00. The van der Waals surface area contributed by atoms with Gasteiger partial charge >= 0.3 is 0 Å². The van der Waals surface area contributed by atoms with Gasteiger partial charge in [-0.25, -0.2) is 8.42 Å². The number of morpholine rings is 1. The molecule has 1 atom stereocenters. The van der Waals surface area contributed by atoms with Crippen molar-refractivity contribution in [3.8, 4) is 0 Å². The Kier molecular flexibility index (Phi) is 2.44. The lowest BCUT2D eigenvalue weighted by Crippen LogP contribution is -2.41. The molecule has 0 saturated carbocycles. The quantitative estimate of drug-likeness (QED) is 0.450. The van der Waals surface area contributed by atoms with E-state index in [0.717, 1.165) is 0 Å². The molecule has 1 fully saturated rings. The van der Waals surface area contributed by atoms with E-state index in [1.54, 1.807) is 0 Å². The monoisotopic (exact) mass is 151 g/mol. The minimum Gasteiger partial charge on any atom is -0.377 e. The van der Waals surface area contributed by atoms with Gasteiger partial charge in [0.2, 0.25) is 0 Å². The van der Waals surface area contributed by atoms with E-state index in [0.29, 0.717) is 19.8 Å². The molecule has 0 radical (unpaired) electrons. The first-order chi connectivity index (χ1) is 4.30. The Bertz CT molecular complexity index is 142. The molecule has 1 aliphatic heterocycles. The summed E-state index contributed by atoms with van der Waals surface area (Å²) in [5.74, 6) is 0. The van der Waals surface area contributed by atoms with Gasteiger partial charge in [0.1, 0.15) is 5.37 Å². The fraction of sp³-hybridized carbons (Fsp3) is 1.00. The second-order valence-electron chi connectivity index (χ2n) is 1.83. The number of ether oxygens (including phenoxy) is 1. The van der Waals surface area contributed by atoms with Crippen LogP contribution in [0.15, 0.2) is 0 Å². The molecule has 0 aliphatic carbocycles. The van der Waals surface area contributed by atoms with Gasteiger partial charge in [-0.3, -0.25) is 5.32 Å². The molecule has 54 valence electrons. The molecule has 0 aromatic rings. The van der Waals surface area contributed by atoms with Crippen LogP contribution in [0, 0.1) is 0 Å². The fourth-order valence-corrected chi connectivity index (χ4v) is 1.19. The van der Waals surface area contributed by atoms with Crippen LogP contribution < -0.4 is 5.32 Å². The zero-order valence-electron chi connectivity index (χ0n) is 4.87. The van der Waals surface area contributed by atoms with Crippen LogP contribution in [0.2, 0.25) is 0 Å². The molecular formula is C4H9NO3S. The Morgan fingerprint density at radius 2 is 2.33 bits per heavy atom. The Labute approximate surface area is 55.1 Å². The standard InChI is InChI=1S/C4H9NO3S/c6-9(7)4-3-8-2-1-5-4/h4-5,9H,1-3H2. The Balaban J connectivity index is 2.40. The molecule has 1 saturated heterocycles. The van der Waals surface area contributed by atoms with Crippen LogP contribution in [0.4, 0.5) is 0 Å². The largest absolute Gasteiger partial charge is 0.377 e. The van der Waals surface area contributed by atoms with E-state index < -0.39 is 16.1 Å². The SMILES string of the molecule is O=[SH](=O)C1COCCN1. The van der Waals surface area contributed by atoms with Gasteiger partial charge in [0.15, 0.2) is 10.7 Å². The molecule has 5 heteroatoms. The van der Waals surface area contributed by atoms with Gasteiger partial charge in [-0.05, 0) is 0 Å². The van der Waals surface area contributed by atoms with E-state index >= 15 is 0 Å². The highest BCUT2D eigenvalue weighted by Crippen LogP contribution is 1.91. The van der Waals surface area contributed by atoms with E-state index in [4.69, 9.17) is 4.74 Å². The minimum atomic E-state index is -2.35. The maximum atomic E-state index is 10.2. The van der Waals surface area contributed by atoms with Gasteiger partial charge in [0.05, 0.1) is 13.2 Å². The van der Waals surface area contributed by atoms with Crippen molar-refractivity contribution >= 4 is 10.7 Å². The highest BCUT2D eigenvalue weighted by molar-refractivity contribution is 7.73. The third kappa shape index (κ3) is 1.92. The van der Waals surface area contributed by atoms with Gasteiger partial charge in [-0.2, -0.15) is 0 Å². The zero-order valence-corrected chi connectivity index (χ0v) is 5.77. The average Bonchev–Trinajstić information content (AvgIpc) is 1.90. The highest BCUT2D eigenvalue weighted by atomic mass is 32.2. The maximum absolute atomic E-state index is 10.2. The van der Waals surface area contributed by atoms with Crippen LogP contribution in [0.5, 0.6) is 0 Å². The molecule has 1 heterocycles. The summed E-state index contributed by atoms with van der Waals surface area (Å²) in [7, 11) is -2.35. The molecule has 9 heavy (non-hydrogen) atoms. The van der Waals surface area contributed by atoms with Crippen LogP contribution in [-0.2, 0) is 15.4 Å². The molecule has 1 unspecified atom stereocenters. The van der Waals surface area contributed by atoms with E-state index in [2.05, 4.69) is 5.32 Å². The number of thiol groups is 1. The topological polar surface area (TPSA) is 55.4 Å². The molecule has 0 aromatic carbocycles. The Morgan fingerprint density at radius 1 is 1.56 bits per heavy atom. The summed E-state index contributed by atoms with van der Waals surface area (Å²) in [4.78, 5) is 0. The lowest BCUT2D eigenvalue weighted by atomic mass is 10.5. The Hall–Kier alpha value is -0.130. The van der Waals surface area contributed by atoms with Crippen molar-refractivity contribution in [3.05, 3.63) is 0 Å². The first kappa shape index (κ1) is 6.98. The summed E-state index contributed by atoms with van der Waals surface area (Å²) < 4.78 is 25.4. The molecule has 1 rings (SSSR count). The number of nitrogens with one attached hydrogen (secondary N) is 1. The van der Waals surface area contributed by atoms with Crippen LogP contribution in [0.1, 0.15) is 0 Å². The van der Waals surface area contributed by atoms with Crippen molar-refractivity contribution < 1.29 is 13.2 Å². The number of hydrogen-bond donors (Lipinski definition) is 2. The van der Waals surface area contributed by atoms with Crippen molar-refractivity contribution in [1.29, 1.82) is 0 Å². The number of hydrogen-bond acceptors (Lipinski definition) is 4. The van der Waals surface area contributed by atoms with Gasteiger partial charge in [0, 0.05) is 6.54 Å². The molecule has 4 nitrogen and oxygen atoms in total. The molecule has 0 aromatic heterocycles. The molecule has 0 amide bonds. The van der Waals surface area contributed by atoms with Gasteiger partial charge in [-0.1, -0.05) is 0 Å². The van der Waals surface area contributed by atoms with Crippen LogP contribution in [0.25, 0.3) is 0 Å². The lowest BCUT2D eigenvalue weighted by molar-refractivity contribution is 0.0987. The van der Waals surface area contributed by atoms with Crippen LogP contribution in [-0.4, -0.2) is 33.6 Å². The zero-order chi connectivity index (χ0) is 6.69. The second-order valence-corrected chi connectivity index (χ2v) is 3.02. The third-order valence-electron chi connectivity index (χ3n) is 1.16. The summed E-state index contributed by atoms with van der Waals surface area (Å²) in [5.41, 5.74) is 0. The highest BCUT2D eigenvalue weighted by Gasteiger charge is 2.13. The van der Waals surface area contributed by atoms with Gasteiger partial charge < -0.3 is 4.74 Å². The predicted octanol–water partition coefficient (Wildman–Crippen LogP) is -1.46.